The van der Waals surface area contributed by atoms with Crippen molar-refractivity contribution in [2.24, 2.45) is 0 Å². The highest BCUT2D eigenvalue weighted by Gasteiger charge is 2.26. The van der Waals surface area contributed by atoms with Gasteiger partial charge in [-0.25, -0.2) is 0 Å². The lowest BCUT2D eigenvalue weighted by Crippen LogP contribution is -2.49. The number of fused-ring (bicyclic) bond motifs is 1. The zero-order chi connectivity index (χ0) is 16.4. The molecule has 1 amide bonds. The Hall–Kier alpha value is -1.94. The maximum absolute atomic E-state index is 12.6. The second-order valence-electron chi connectivity index (χ2n) is 7.16. The molecule has 1 aromatic heterocycles. The number of aromatic nitrogens is 1. The normalized spacial score (nSPS) is 19.4. The van der Waals surface area contributed by atoms with Crippen LogP contribution in [-0.4, -0.2) is 41.0 Å². The summed E-state index contributed by atoms with van der Waals surface area (Å²) in [6.07, 6.45) is 8.50. The number of nitrogens with one attached hydrogen (secondary N) is 1. The van der Waals surface area contributed by atoms with Crippen molar-refractivity contribution in [3.8, 4) is 0 Å². The van der Waals surface area contributed by atoms with Gasteiger partial charge in [-0.1, -0.05) is 18.6 Å². The van der Waals surface area contributed by atoms with Gasteiger partial charge in [-0.15, -0.1) is 0 Å². The molecule has 2 aromatic rings. The number of carbonyl (C=O) groups is 1. The largest absolute Gasteiger partial charge is 0.342 e. The van der Waals surface area contributed by atoms with Gasteiger partial charge in [0.15, 0.2) is 0 Å². The number of nitrogens with zero attached hydrogens (tertiary/aromatic N) is 2. The zero-order valence-corrected chi connectivity index (χ0v) is 14.1. The number of benzene rings is 1. The molecule has 0 radical (unpaired) electrons. The van der Waals surface area contributed by atoms with E-state index in [0.29, 0.717) is 12.5 Å². The Labute approximate surface area is 143 Å². The molecule has 1 aliphatic heterocycles. The molecule has 4 rings (SSSR count). The molecule has 4 heteroatoms. The molecular weight excluding hydrogens is 298 g/mol. The molecule has 1 saturated heterocycles. The van der Waals surface area contributed by atoms with E-state index in [2.05, 4.69) is 16.4 Å². The SMILES string of the molecule is O=C(Cc1ccc2ncccc2c1)N1CCC(NC2CCC2)CC1. The number of pyridine rings is 1. The first kappa shape index (κ1) is 15.6. The van der Waals surface area contributed by atoms with Gasteiger partial charge in [-0.05, 0) is 49.4 Å². The monoisotopic (exact) mass is 323 g/mol. The highest BCUT2D eigenvalue weighted by Crippen LogP contribution is 2.21. The first-order valence-electron chi connectivity index (χ1n) is 9.15. The summed E-state index contributed by atoms with van der Waals surface area (Å²) < 4.78 is 0. The minimum atomic E-state index is 0.250. The van der Waals surface area contributed by atoms with Crippen molar-refractivity contribution in [3.05, 3.63) is 42.1 Å². The first-order chi connectivity index (χ1) is 11.8. The summed E-state index contributed by atoms with van der Waals surface area (Å²) in [6.45, 7) is 1.77. The van der Waals surface area contributed by atoms with E-state index in [1.54, 1.807) is 6.20 Å². The Morgan fingerprint density at radius 1 is 1.12 bits per heavy atom. The summed E-state index contributed by atoms with van der Waals surface area (Å²) in [5, 5.41) is 4.84. The number of hydrogen-bond donors (Lipinski definition) is 1. The van der Waals surface area contributed by atoms with Crippen LogP contribution in [0, 0.1) is 0 Å². The van der Waals surface area contributed by atoms with Crippen LogP contribution in [0.4, 0.5) is 0 Å². The Bertz CT molecular complexity index is 718. The van der Waals surface area contributed by atoms with Crippen molar-refractivity contribution in [1.29, 1.82) is 0 Å². The molecule has 2 heterocycles. The standard InChI is InChI=1S/C20H25N3O/c24-20(14-15-6-7-19-16(13-15)3-2-10-21-19)23-11-8-18(9-12-23)22-17-4-1-5-17/h2-3,6-7,10,13,17-18,22H,1,4-5,8-9,11-12,14H2. The summed E-state index contributed by atoms with van der Waals surface area (Å²) in [5.74, 6) is 0.250. The second kappa shape index (κ2) is 6.89. The third-order valence-corrected chi connectivity index (χ3v) is 5.45. The summed E-state index contributed by atoms with van der Waals surface area (Å²) in [6, 6.07) is 11.5. The molecule has 0 bridgehead atoms. The van der Waals surface area contributed by atoms with Gasteiger partial charge in [0.1, 0.15) is 0 Å². The van der Waals surface area contributed by atoms with Crippen molar-refractivity contribution in [3.63, 3.8) is 0 Å². The van der Waals surface area contributed by atoms with Crippen molar-refractivity contribution in [1.82, 2.24) is 15.2 Å². The van der Waals surface area contributed by atoms with Crippen LogP contribution < -0.4 is 5.32 Å². The lowest BCUT2D eigenvalue weighted by Gasteiger charge is -2.37. The van der Waals surface area contributed by atoms with Crippen LogP contribution in [0.2, 0.25) is 0 Å². The third kappa shape index (κ3) is 3.44. The van der Waals surface area contributed by atoms with Crippen LogP contribution in [0.15, 0.2) is 36.5 Å². The molecule has 0 spiro atoms. The molecule has 0 unspecified atom stereocenters. The third-order valence-electron chi connectivity index (χ3n) is 5.45. The fraction of sp³-hybridized carbons (Fsp3) is 0.500. The van der Waals surface area contributed by atoms with Gasteiger partial charge in [-0.3, -0.25) is 9.78 Å². The summed E-state index contributed by atoms with van der Waals surface area (Å²) in [5.41, 5.74) is 2.06. The number of amides is 1. The van der Waals surface area contributed by atoms with Crippen molar-refractivity contribution >= 4 is 16.8 Å². The molecule has 1 N–H and O–H groups in total. The summed E-state index contributed by atoms with van der Waals surface area (Å²) in [7, 11) is 0. The molecule has 24 heavy (non-hydrogen) atoms. The highest BCUT2D eigenvalue weighted by atomic mass is 16.2. The molecule has 1 aliphatic carbocycles. The van der Waals surface area contributed by atoms with Gasteiger partial charge >= 0.3 is 0 Å². The van der Waals surface area contributed by atoms with Gasteiger partial charge in [0.25, 0.3) is 0 Å². The quantitative estimate of drug-likeness (QED) is 0.941. The van der Waals surface area contributed by atoms with E-state index in [-0.39, 0.29) is 5.91 Å². The van der Waals surface area contributed by atoms with E-state index in [0.717, 1.165) is 48.4 Å². The van der Waals surface area contributed by atoms with E-state index in [1.807, 2.05) is 29.2 Å². The maximum atomic E-state index is 12.6. The van der Waals surface area contributed by atoms with Crippen molar-refractivity contribution < 1.29 is 4.79 Å². The lowest BCUT2D eigenvalue weighted by molar-refractivity contribution is -0.131. The molecule has 1 saturated carbocycles. The summed E-state index contributed by atoms with van der Waals surface area (Å²) in [4.78, 5) is 19.0. The Morgan fingerprint density at radius 2 is 1.92 bits per heavy atom. The van der Waals surface area contributed by atoms with Gasteiger partial charge < -0.3 is 10.2 Å². The van der Waals surface area contributed by atoms with Crippen LogP contribution in [0.1, 0.15) is 37.7 Å². The maximum Gasteiger partial charge on any atom is 0.226 e. The predicted molar refractivity (Wildman–Crippen MR) is 95.8 cm³/mol. The van der Waals surface area contributed by atoms with Crippen LogP contribution in [0.3, 0.4) is 0 Å². The fourth-order valence-electron chi connectivity index (χ4n) is 3.73. The number of rotatable bonds is 4. The highest BCUT2D eigenvalue weighted by molar-refractivity contribution is 5.83. The van der Waals surface area contributed by atoms with Gasteiger partial charge in [0.05, 0.1) is 11.9 Å². The van der Waals surface area contributed by atoms with Gasteiger partial charge in [-0.2, -0.15) is 0 Å². The van der Waals surface area contributed by atoms with E-state index in [4.69, 9.17) is 0 Å². The Kier molecular flexibility index (Phi) is 4.48. The molecular formula is C20H25N3O. The minimum absolute atomic E-state index is 0.250. The van der Waals surface area contributed by atoms with E-state index >= 15 is 0 Å². The van der Waals surface area contributed by atoms with Crippen LogP contribution in [-0.2, 0) is 11.2 Å². The van der Waals surface area contributed by atoms with E-state index < -0.39 is 0 Å². The van der Waals surface area contributed by atoms with Crippen LogP contribution in [0.5, 0.6) is 0 Å². The van der Waals surface area contributed by atoms with Gasteiger partial charge in [0.2, 0.25) is 5.91 Å². The number of hydrogen-bond acceptors (Lipinski definition) is 3. The Morgan fingerprint density at radius 3 is 2.67 bits per heavy atom. The number of piperidine rings is 1. The Balaban J connectivity index is 1.32. The molecule has 0 atom stereocenters. The number of carbonyl (C=O) groups excluding carboxylic acids is 1. The molecule has 1 aromatic carbocycles. The molecule has 2 fully saturated rings. The second-order valence-corrected chi connectivity index (χ2v) is 7.16. The molecule has 2 aliphatic rings. The average Bonchev–Trinajstić information content (AvgIpc) is 2.58. The van der Waals surface area contributed by atoms with Crippen molar-refractivity contribution in [2.45, 2.75) is 50.6 Å². The summed E-state index contributed by atoms with van der Waals surface area (Å²) >= 11 is 0. The van der Waals surface area contributed by atoms with Crippen LogP contribution in [0.25, 0.3) is 10.9 Å². The first-order valence-corrected chi connectivity index (χ1v) is 9.15. The minimum Gasteiger partial charge on any atom is -0.342 e. The predicted octanol–water partition coefficient (Wildman–Crippen LogP) is 2.91. The zero-order valence-electron chi connectivity index (χ0n) is 14.1. The average molecular weight is 323 g/mol. The smallest absolute Gasteiger partial charge is 0.226 e. The topological polar surface area (TPSA) is 45.2 Å². The molecule has 4 nitrogen and oxygen atoms in total. The molecule has 126 valence electrons. The lowest BCUT2D eigenvalue weighted by atomic mass is 9.91. The number of likely N-dealkylation sites (tertiary alicyclic amines) is 1. The van der Waals surface area contributed by atoms with E-state index in [1.165, 1.54) is 19.3 Å². The van der Waals surface area contributed by atoms with Crippen LogP contribution >= 0.6 is 0 Å². The fourth-order valence-corrected chi connectivity index (χ4v) is 3.73. The van der Waals surface area contributed by atoms with E-state index in [9.17, 15) is 4.79 Å². The van der Waals surface area contributed by atoms with Gasteiger partial charge in [0, 0.05) is 36.8 Å². The van der Waals surface area contributed by atoms with Crippen molar-refractivity contribution in [2.75, 3.05) is 13.1 Å².